The quantitative estimate of drug-likeness (QED) is 0.320. The van der Waals surface area contributed by atoms with E-state index in [-0.39, 0.29) is 18.9 Å². The molecular weight excluding hydrogens is 480 g/mol. The number of hydrogen-bond acceptors (Lipinski definition) is 4. The number of benzene rings is 2. The summed E-state index contributed by atoms with van der Waals surface area (Å²) in [7, 11) is 0. The molecule has 0 bridgehead atoms. The van der Waals surface area contributed by atoms with Gasteiger partial charge in [0.1, 0.15) is 0 Å². The first-order chi connectivity index (χ1) is 18.0. The molecule has 1 fully saturated rings. The van der Waals surface area contributed by atoms with Gasteiger partial charge in [-0.15, -0.1) is 0 Å². The van der Waals surface area contributed by atoms with Crippen LogP contribution in [0, 0.1) is 20.8 Å². The highest BCUT2D eigenvalue weighted by Gasteiger charge is 2.42. The molecule has 0 saturated carbocycles. The monoisotopic (exact) mass is 510 g/mol. The molecule has 6 nitrogen and oxygen atoms in total. The highest BCUT2D eigenvalue weighted by Crippen LogP contribution is 2.46. The standard InChI is InChI=1S/C30H30N4O2S/c1-5-21-10-8-9-18(2)28(21)33-19(3)15-23(20(33)4)29-27(24-11-6-7-14-31-24)32-30(37)34(29)22-12-13-25-26(16-22)36-17-35-25/h6-16,27,29H,5,17H2,1-4H3,(H,32,37)/t27-,29-/m0/s1. The summed E-state index contributed by atoms with van der Waals surface area (Å²) in [4.78, 5) is 6.91. The lowest BCUT2D eigenvalue weighted by molar-refractivity contribution is 0.174. The molecule has 0 aliphatic carbocycles. The third kappa shape index (κ3) is 3.85. The predicted molar refractivity (Wildman–Crippen MR) is 150 cm³/mol. The van der Waals surface area contributed by atoms with Gasteiger partial charge in [-0.25, -0.2) is 0 Å². The van der Waals surface area contributed by atoms with Gasteiger partial charge in [0.2, 0.25) is 6.79 Å². The number of nitrogens with one attached hydrogen (secondary N) is 1. The summed E-state index contributed by atoms with van der Waals surface area (Å²) in [5.74, 6) is 1.49. The molecule has 37 heavy (non-hydrogen) atoms. The van der Waals surface area contributed by atoms with E-state index in [0.29, 0.717) is 5.11 Å². The Morgan fingerprint density at radius 2 is 1.84 bits per heavy atom. The first kappa shape index (κ1) is 23.6. The molecule has 0 spiro atoms. The highest BCUT2D eigenvalue weighted by atomic mass is 32.1. The van der Waals surface area contributed by atoms with Gasteiger partial charge >= 0.3 is 0 Å². The second-order valence-electron chi connectivity index (χ2n) is 9.63. The van der Waals surface area contributed by atoms with E-state index in [1.54, 1.807) is 0 Å². The molecule has 4 aromatic rings. The number of fused-ring (bicyclic) bond motifs is 1. The van der Waals surface area contributed by atoms with Crippen molar-refractivity contribution in [3.05, 3.63) is 101 Å². The van der Waals surface area contributed by atoms with Crippen molar-refractivity contribution in [3.63, 3.8) is 0 Å². The van der Waals surface area contributed by atoms with Crippen LogP contribution in [0.25, 0.3) is 5.69 Å². The lowest BCUT2D eigenvalue weighted by atomic mass is 9.96. The van der Waals surface area contributed by atoms with E-state index in [1.807, 2.05) is 36.5 Å². The number of ether oxygens (including phenoxy) is 2. The Morgan fingerprint density at radius 1 is 1.00 bits per heavy atom. The van der Waals surface area contributed by atoms with Gasteiger partial charge in [0, 0.05) is 29.3 Å². The number of hydrogen-bond donors (Lipinski definition) is 1. The largest absolute Gasteiger partial charge is 0.454 e. The van der Waals surface area contributed by atoms with Crippen molar-refractivity contribution in [2.24, 2.45) is 0 Å². The lowest BCUT2D eigenvalue weighted by Crippen LogP contribution is -2.29. The Morgan fingerprint density at radius 3 is 2.62 bits per heavy atom. The number of para-hydroxylation sites is 1. The van der Waals surface area contributed by atoms with Crippen LogP contribution in [0.5, 0.6) is 11.5 Å². The minimum absolute atomic E-state index is 0.100. The molecule has 1 saturated heterocycles. The fraction of sp³-hybridized carbons (Fsp3) is 0.267. The van der Waals surface area contributed by atoms with Gasteiger partial charge in [0.15, 0.2) is 16.6 Å². The molecule has 2 aromatic heterocycles. The summed E-state index contributed by atoms with van der Waals surface area (Å²) < 4.78 is 13.7. The van der Waals surface area contributed by atoms with E-state index >= 15 is 0 Å². The Kier molecular flexibility index (Phi) is 5.88. The number of pyridine rings is 1. The van der Waals surface area contributed by atoms with Gasteiger partial charge in [-0.1, -0.05) is 31.2 Å². The van der Waals surface area contributed by atoms with Crippen LogP contribution in [0.15, 0.2) is 66.9 Å². The average molecular weight is 511 g/mol. The Balaban J connectivity index is 1.54. The van der Waals surface area contributed by atoms with E-state index in [1.165, 1.54) is 33.8 Å². The van der Waals surface area contributed by atoms with E-state index < -0.39 is 0 Å². The van der Waals surface area contributed by atoms with Crippen LogP contribution in [0.4, 0.5) is 5.69 Å². The smallest absolute Gasteiger partial charge is 0.231 e. The van der Waals surface area contributed by atoms with Crippen molar-refractivity contribution in [2.45, 2.75) is 46.2 Å². The summed E-state index contributed by atoms with van der Waals surface area (Å²) in [6.45, 7) is 9.03. The van der Waals surface area contributed by atoms with Crippen molar-refractivity contribution >= 4 is 23.0 Å². The Labute approximate surface area is 222 Å². The third-order valence-corrected chi connectivity index (χ3v) is 7.76. The third-order valence-electron chi connectivity index (χ3n) is 7.45. The van der Waals surface area contributed by atoms with Crippen molar-refractivity contribution in [2.75, 3.05) is 11.7 Å². The van der Waals surface area contributed by atoms with Gasteiger partial charge in [-0.2, -0.15) is 0 Å². The van der Waals surface area contributed by atoms with Gasteiger partial charge in [0.25, 0.3) is 0 Å². The molecule has 2 aliphatic heterocycles. The normalized spacial score (nSPS) is 18.4. The summed E-state index contributed by atoms with van der Waals surface area (Å²) in [5, 5.41) is 4.24. The zero-order valence-corrected chi connectivity index (χ0v) is 22.3. The summed E-state index contributed by atoms with van der Waals surface area (Å²) >= 11 is 5.95. The molecule has 0 unspecified atom stereocenters. The minimum Gasteiger partial charge on any atom is -0.454 e. The molecule has 188 valence electrons. The first-order valence-corrected chi connectivity index (χ1v) is 13.1. The molecule has 2 atom stereocenters. The molecule has 0 radical (unpaired) electrons. The second-order valence-corrected chi connectivity index (χ2v) is 10.0. The topological polar surface area (TPSA) is 51.6 Å². The molecule has 6 rings (SSSR count). The number of thiocarbonyl (C=S) groups is 1. The van der Waals surface area contributed by atoms with E-state index in [2.05, 4.69) is 72.8 Å². The van der Waals surface area contributed by atoms with Gasteiger partial charge in [-0.3, -0.25) is 4.98 Å². The SMILES string of the molecule is CCc1cccc(C)c1-n1c(C)cc([C@H]2[C@H](c3ccccn3)NC(=S)N2c2ccc3c(c2)OCO3)c1C. The lowest BCUT2D eigenvalue weighted by Gasteiger charge is -2.28. The van der Waals surface area contributed by atoms with Gasteiger partial charge in [-0.05, 0) is 86.4 Å². The maximum Gasteiger partial charge on any atom is 0.231 e. The Bertz CT molecular complexity index is 1500. The van der Waals surface area contributed by atoms with Crippen LogP contribution < -0.4 is 19.7 Å². The number of anilines is 1. The molecular formula is C30H30N4O2S. The average Bonchev–Trinajstić information content (AvgIpc) is 3.59. The van der Waals surface area contributed by atoms with E-state index in [4.69, 9.17) is 26.7 Å². The number of rotatable bonds is 5. The van der Waals surface area contributed by atoms with Gasteiger partial charge in [0.05, 0.1) is 23.5 Å². The number of nitrogens with zero attached hydrogens (tertiary/aromatic N) is 3. The zero-order chi connectivity index (χ0) is 25.7. The van der Waals surface area contributed by atoms with Crippen molar-refractivity contribution < 1.29 is 9.47 Å². The summed E-state index contributed by atoms with van der Waals surface area (Å²) in [6.07, 6.45) is 2.81. The van der Waals surface area contributed by atoms with Crippen LogP contribution in [0.1, 0.15) is 52.8 Å². The molecule has 1 N–H and O–H groups in total. The molecule has 7 heteroatoms. The second kappa shape index (κ2) is 9.23. The van der Waals surface area contributed by atoms with E-state index in [9.17, 15) is 0 Å². The van der Waals surface area contributed by atoms with Crippen molar-refractivity contribution in [1.29, 1.82) is 0 Å². The number of aryl methyl sites for hydroxylation is 3. The van der Waals surface area contributed by atoms with Crippen LogP contribution in [0.3, 0.4) is 0 Å². The number of aromatic nitrogens is 2. The van der Waals surface area contributed by atoms with Gasteiger partial charge < -0.3 is 24.3 Å². The van der Waals surface area contributed by atoms with Crippen LogP contribution >= 0.6 is 12.2 Å². The maximum atomic E-state index is 5.95. The van der Waals surface area contributed by atoms with Crippen molar-refractivity contribution in [3.8, 4) is 17.2 Å². The summed E-state index contributed by atoms with van der Waals surface area (Å²) in [6, 6.07) is 20.7. The maximum absolute atomic E-state index is 5.95. The van der Waals surface area contributed by atoms with E-state index in [0.717, 1.165) is 29.3 Å². The first-order valence-electron chi connectivity index (χ1n) is 12.7. The summed E-state index contributed by atoms with van der Waals surface area (Å²) in [5.41, 5.74) is 9.38. The Hall–Kier alpha value is -3.84. The fourth-order valence-corrected chi connectivity index (χ4v) is 6.09. The predicted octanol–water partition coefficient (Wildman–Crippen LogP) is 6.27. The fourth-order valence-electron chi connectivity index (χ4n) is 5.74. The highest BCUT2D eigenvalue weighted by molar-refractivity contribution is 7.80. The van der Waals surface area contributed by atoms with Crippen LogP contribution in [-0.2, 0) is 6.42 Å². The molecule has 2 aromatic carbocycles. The molecule has 0 amide bonds. The minimum atomic E-state index is -0.115. The molecule has 4 heterocycles. The van der Waals surface area contributed by atoms with Crippen LogP contribution in [0.2, 0.25) is 0 Å². The van der Waals surface area contributed by atoms with Crippen molar-refractivity contribution in [1.82, 2.24) is 14.9 Å². The molecule has 2 aliphatic rings. The van der Waals surface area contributed by atoms with Crippen LogP contribution in [-0.4, -0.2) is 21.5 Å². The zero-order valence-electron chi connectivity index (χ0n) is 21.5.